The Morgan fingerprint density at radius 3 is 2.89 bits per heavy atom. The molecule has 0 spiro atoms. The van der Waals surface area contributed by atoms with E-state index in [-0.39, 0.29) is 35.9 Å². The maximum Gasteiger partial charge on any atom is 0.333 e. The summed E-state index contributed by atoms with van der Waals surface area (Å²) in [5.74, 6) is -0.731. The number of carbonyl (C=O) groups is 1. The van der Waals surface area contributed by atoms with E-state index in [1.807, 2.05) is 24.3 Å². The van der Waals surface area contributed by atoms with Gasteiger partial charge < -0.3 is 16.2 Å². The van der Waals surface area contributed by atoms with E-state index in [0.29, 0.717) is 6.54 Å². The van der Waals surface area contributed by atoms with Gasteiger partial charge in [0.05, 0.1) is 30.9 Å². The summed E-state index contributed by atoms with van der Waals surface area (Å²) in [5.41, 5.74) is 7.55. The number of anilines is 1. The van der Waals surface area contributed by atoms with Crippen molar-refractivity contribution in [1.29, 1.82) is 0 Å². The Balaban J connectivity index is 1.47. The minimum Gasteiger partial charge on any atom is -0.391 e. The van der Waals surface area contributed by atoms with Gasteiger partial charge in [-0.15, -0.1) is 0 Å². The first-order valence-electron chi connectivity index (χ1n) is 10.6. The number of hydrogen-bond donors (Lipinski definition) is 4. The molecule has 2 heterocycles. The van der Waals surface area contributed by atoms with Crippen LogP contribution < -0.4 is 16.2 Å². The molecule has 6 N–H and O–H groups in total. The smallest absolute Gasteiger partial charge is 0.333 e. The third-order valence-corrected chi connectivity index (χ3v) is 6.69. The number of carbonyl (C=O) groups excluding carboxylic acids is 1. The van der Waals surface area contributed by atoms with Gasteiger partial charge >= 0.3 is 10.3 Å². The van der Waals surface area contributed by atoms with Crippen LogP contribution in [-0.4, -0.2) is 63.9 Å². The van der Waals surface area contributed by atoms with E-state index in [9.17, 15) is 18.3 Å². The van der Waals surface area contributed by atoms with E-state index in [2.05, 4.69) is 40.5 Å². The fourth-order valence-electron chi connectivity index (χ4n) is 4.00. The van der Waals surface area contributed by atoms with E-state index in [1.54, 1.807) is 16.9 Å². The molecule has 0 aliphatic heterocycles. The first-order chi connectivity index (χ1) is 16.6. The summed E-state index contributed by atoms with van der Waals surface area (Å²) in [6.07, 6.45) is 3.61. The van der Waals surface area contributed by atoms with Crippen LogP contribution >= 0.6 is 15.9 Å². The third kappa shape index (κ3) is 6.28. The normalized spacial score (nSPS) is 22.3. The number of nitrogens with one attached hydrogen (secondary N) is 1. The monoisotopic (exact) mass is 565 g/mol. The molecule has 3 aromatic rings. The van der Waals surface area contributed by atoms with Crippen LogP contribution in [0.15, 0.2) is 53.5 Å². The lowest BCUT2D eigenvalue weighted by molar-refractivity contribution is 0.0896. The molecule has 1 saturated carbocycles. The molecule has 0 saturated heterocycles. The maximum absolute atomic E-state index is 13.2. The summed E-state index contributed by atoms with van der Waals surface area (Å²) in [6, 6.07) is 8.13. The molecule has 14 heteroatoms. The zero-order chi connectivity index (χ0) is 25.2. The Morgan fingerprint density at radius 1 is 1.34 bits per heavy atom. The lowest BCUT2D eigenvalue weighted by atomic mass is 10.1. The van der Waals surface area contributed by atoms with Crippen molar-refractivity contribution in [3.05, 3.63) is 70.3 Å². The van der Waals surface area contributed by atoms with Crippen LogP contribution in [0.4, 0.5) is 5.82 Å². The molecule has 4 atom stereocenters. The number of aromatic nitrogens is 4. The molecule has 1 aliphatic carbocycles. The van der Waals surface area contributed by atoms with Gasteiger partial charge in [0, 0.05) is 28.8 Å². The van der Waals surface area contributed by atoms with Crippen molar-refractivity contribution in [3.8, 4) is 0 Å². The molecule has 1 aliphatic rings. The molecular formula is C21H24BrN7O5S. The standard InChI is InChI=1S/C21H24BrN7O5S/c22-14-3-1-2-12(6-14)9-29-5-4-16(28-29)20(31)15-8-25-11-26-21(15)27-17-7-13(19(30)18(17)23)10-34-35(24,32)33/h1-6,8,11,13,17-19,30H,7,9-10,23H2,(H2,24,32,33)(H,25,26,27)/t13-,17-,18+,19-/m1/s1. The summed E-state index contributed by atoms with van der Waals surface area (Å²) < 4.78 is 29.4. The topological polar surface area (TPSA) is 188 Å². The first-order valence-corrected chi connectivity index (χ1v) is 12.9. The molecule has 0 amide bonds. The second-order valence-corrected chi connectivity index (χ2v) is 10.4. The summed E-state index contributed by atoms with van der Waals surface area (Å²) >= 11 is 3.44. The van der Waals surface area contributed by atoms with E-state index in [1.165, 1.54) is 12.5 Å². The van der Waals surface area contributed by atoms with Crippen LogP contribution in [0.25, 0.3) is 0 Å². The van der Waals surface area contributed by atoms with Crippen molar-refractivity contribution >= 4 is 37.8 Å². The first kappa shape index (κ1) is 25.3. The zero-order valence-electron chi connectivity index (χ0n) is 18.4. The van der Waals surface area contributed by atoms with Gasteiger partial charge in [-0.05, 0) is 30.2 Å². The van der Waals surface area contributed by atoms with E-state index in [4.69, 9.17) is 10.9 Å². The number of aliphatic hydroxyl groups is 1. The van der Waals surface area contributed by atoms with Crippen LogP contribution in [0, 0.1) is 5.92 Å². The Kier molecular flexibility index (Phi) is 7.59. The predicted octanol–water partition coefficient (Wildman–Crippen LogP) is 0.424. The van der Waals surface area contributed by atoms with Gasteiger partial charge in [-0.2, -0.15) is 13.5 Å². The average Bonchev–Trinajstić information content (AvgIpc) is 3.37. The van der Waals surface area contributed by atoms with Crippen molar-refractivity contribution in [3.63, 3.8) is 0 Å². The van der Waals surface area contributed by atoms with Gasteiger partial charge in [0.2, 0.25) is 5.78 Å². The Hall–Kier alpha value is -2.75. The fourth-order valence-corrected chi connectivity index (χ4v) is 4.81. The van der Waals surface area contributed by atoms with Crippen molar-refractivity contribution in [2.75, 3.05) is 11.9 Å². The number of nitrogens with two attached hydrogens (primary N) is 2. The highest BCUT2D eigenvalue weighted by atomic mass is 79.9. The van der Waals surface area contributed by atoms with Gasteiger partial charge in [-0.1, -0.05) is 28.1 Å². The number of ketones is 1. The minimum absolute atomic E-state index is 0.186. The predicted molar refractivity (Wildman–Crippen MR) is 129 cm³/mol. The number of rotatable bonds is 9. The Bertz CT molecular complexity index is 1320. The molecule has 12 nitrogen and oxygen atoms in total. The highest BCUT2D eigenvalue weighted by Gasteiger charge is 2.41. The van der Waals surface area contributed by atoms with Crippen molar-refractivity contribution < 1.29 is 22.5 Å². The second kappa shape index (κ2) is 10.5. The molecule has 1 aromatic carbocycles. The molecule has 2 aromatic heterocycles. The zero-order valence-corrected chi connectivity index (χ0v) is 20.8. The molecule has 0 unspecified atom stereocenters. The summed E-state index contributed by atoms with van der Waals surface area (Å²) in [6.45, 7) is 0.177. The molecule has 35 heavy (non-hydrogen) atoms. The largest absolute Gasteiger partial charge is 0.391 e. The minimum atomic E-state index is -4.15. The Labute approximate surface area is 210 Å². The van der Waals surface area contributed by atoms with Gasteiger partial charge in [0.15, 0.2) is 0 Å². The summed E-state index contributed by atoms with van der Waals surface area (Å²) in [7, 11) is -4.15. The molecular weight excluding hydrogens is 542 g/mol. The maximum atomic E-state index is 13.2. The number of hydrogen-bond acceptors (Lipinski definition) is 10. The third-order valence-electron chi connectivity index (χ3n) is 5.73. The average molecular weight is 566 g/mol. The van der Waals surface area contributed by atoms with E-state index < -0.39 is 34.4 Å². The van der Waals surface area contributed by atoms with Crippen molar-refractivity contribution in [1.82, 2.24) is 19.7 Å². The highest BCUT2D eigenvalue weighted by Crippen LogP contribution is 2.29. The van der Waals surface area contributed by atoms with Crippen LogP contribution in [-0.2, 0) is 21.0 Å². The van der Waals surface area contributed by atoms with Gasteiger partial charge in [-0.25, -0.2) is 15.1 Å². The van der Waals surface area contributed by atoms with Crippen LogP contribution in [0.1, 0.15) is 28.0 Å². The van der Waals surface area contributed by atoms with Gasteiger partial charge in [-0.3, -0.25) is 13.7 Å². The number of halogens is 1. The van der Waals surface area contributed by atoms with Gasteiger partial charge in [0.25, 0.3) is 0 Å². The summed E-state index contributed by atoms with van der Waals surface area (Å²) in [4.78, 5) is 21.3. The molecule has 0 radical (unpaired) electrons. The van der Waals surface area contributed by atoms with Crippen LogP contribution in [0.3, 0.4) is 0 Å². The fraction of sp³-hybridized carbons (Fsp3) is 0.333. The lowest BCUT2D eigenvalue weighted by Crippen LogP contribution is -2.43. The highest BCUT2D eigenvalue weighted by molar-refractivity contribution is 9.10. The van der Waals surface area contributed by atoms with E-state index in [0.717, 1.165) is 10.0 Å². The van der Waals surface area contributed by atoms with Gasteiger partial charge in [0.1, 0.15) is 17.8 Å². The van der Waals surface area contributed by atoms with Crippen LogP contribution in [0.2, 0.25) is 0 Å². The molecule has 0 bridgehead atoms. The SMILES string of the molecule is N[C@@H]1[C@H](O)[C@@H](COS(N)(=O)=O)C[C@H]1Nc1ncncc1C(=O)c1ccn(Cc2cccc(Br)c2)n1. The number of nitrogens with zero attached hydrogens (tertiary/aromatic N) is 4. The lowest BCUT2D eigenvalue weighted by Gasteiger charge is -2.20. The van der Waals surface area contributed by atoms with E-state index >= 15 is 0 Å². The summed E-state index contributed by atoms with van der Waals surface area (Å²) in [5, 5.41) is 22.7. The molecule has 4 rings (SSSR count). The quantitative estimate of drug-likeness (QED) is 0.264. The second-order valence-electron chi connectivity index (χ2n) is 8.23. The molecule has 186 valence electrons. The Morgan fingerprint density at radius 2 is 2.14 bits per heavy atom. The van der Waals surface area contributed by atoms with Crippen LogP contribution in [0.5, 0.6) is 0 Å². The number of benzene rings is 1. The molecule has 1 fully saturated rings. The number of aliphatic hydroxyl groups excluding tert-OH is 1. The van der Waals surface area contributed by atoms with Crippen molar-refractivity contribution in [2.45, 2.75) is 31.2 Å². The van der Waals surface area contributed by atoms with Crippen molar-refractivity contribution in [2.24, 2.45) is 16.8 Å².